The van der Waals surface area contributed by atoms with Gasteiger partial charge in [-0.25, -0.2) is 0 Å². The molecule has 0 unspecified atom stereocenters. The fourth-order valence-electron chi connectivity index (χ4n) is 1.67. The molecule has 1 aromatic carbocycles. The van der Waals surface area contributed by atoms with Gasteiger partial charge in [0.15, 0.2) is 5.78 Å². The van der Waals surface area contributed by atoms with Gasteiger partial charge in [0, 0.05) is 25.0 Å². The van der Waals surface area contributed by atoms with Gasteiger partial charge in [-0.2, -0.15) is 0 Å². The molecule has 0 fully saturated rings. The van der Waals surface area contributed by atoms with Gasteiger partial charge >= 0.3 is 0 Å². The number of aliphatic hydroxyl groups is 1. The Morgan fingerprint density at radius 2 is 1.89 bits per heavy atom. The summed E-state index contributed by atoms with van der Waals surface area (Å²) in [6, 6.07) is 5.09. The highest BCUT2D eigenvalue weighted by Crippen LogP contribution is 2.24. The van der Waals surface area contributed by atoms with Gasteiger partial charge in [-0.3, -0.25) is 9.59 Å². The van der Waals surface area contributed by atoms with Crippen molar-refractivity contribution < 1.29 is 24.2 Å². The molecular formula is C14H18O5. The molecule has 19 heavy (non-hydrogen) atoms. The van der Waals surface area contributed by atoms with Crippen LogP contribution in [-0.2, 0) is 16.0 Å². The Labute approximate surface area is 112 Å². The van der Waals surface area contributed by atoms with Crippen LogP contribution in [0, 0.1) is 0 Å². The molecule has 1 aromatic rings. The van der Waals surface area contributed by atoms with Crippen LogP contribution in [0.1, 0.15) is 18.4 Å². The Morgan fingerprint density at radius 3 is 2.47 bits per heavy atom. The van der Waals surface area contributed by atoms with Gasteiger partial charge in [0.1, 0.15) is 11.5 Å². The normalized spacial score (nSPS) is 10.1. The highest BCUT2D eigenvalue weighted by molar-refractivity contribution is 6.37. The number of Topliss-reactive ketones (excluding diaryl/α,β-unsaturated/α-hetero) is 2. The lowest BCUT2D eigenvalue weighted by Crippen LogP contribution is -2.17. The SMILES string of the molecule is COc1ccc(OC)c(CC(=O)C(=O)CCCO)c1. The average Bonchev–Trinajstić information content (AvgIpc) is 2.44. The quantitative estimate of drug-likeness (QED) is 0.715. The second-order valence-electron chi connectivity index (χ2n) is 4.03. The Morgan fingerprint density at radius 1 is 1.16 bits per heavy atom. The number of aliphatic hydroxyl groups excluding tert-OH is 1. The molecule has 0 aliphatic heterocycles. The van der Waals surface area contributed by atoms with Crippen LogP contribution in [-0.4, -0.2) is 37.5 Å². The number of ether oxygens (including phenoxy) is 2. The van der Waals surface area contributed by atoms with Gasteiger partial charge in [0.2, 0.25) is 5.78 Å². The molecule has 0 heterocycles. The third-order valence-electron chi connectivity index (χ3n) is 2.71. The van der Waals surface area contributed by atoms with Crippen LogP contribution in [0.3, 0.4) is 0 Å². The molecule has 0 amide bonds. The van der Waals surface area contributed by atoms with Gasteiger partial charge < -0.3 is 14.6 Å². The number of carbonyl (C=O) groups excluding carboxylic acids is 2. The first-order chi connectivity index (χ1) is 9.12. The zero-order chi connectivity index (χ0) is 14.3. The van der Waals surface area contributed by atoms with Crippen molar-refractivity contribution >= 4 is 11.6 Å². The second-order valence-corrected chi connectivity index (χ2v) is 4.03. The number of methoxy groups -OCH3 is 2. The maximum Gasteiger partial charge on any atom is 0.202 e. The first-order valence-corrected chi connectivity index (χ1v) is 6.00. The van der Waals surface area contributed by atoms with E-state index in [1.165, 1.54) is 14.2 Å². The Kier molecular flexibility index (Phi) is 6.02. The summed E-state index contributed by atoms with van der Waals surface area (Å²) in [4.78, 5) is 23.3. The summed E-state index contributed by atoms with van der Waals surface area (Å²) < 4.78 is 10.2. The topological polar surface area (TPSA) is 72.8 Å². The van der Waals surface area contributed by atoms with E-state index in [0.717, 1.165) is 0 Å². The maximum atomic E-state index is 11.8. The Hall–Kier alpha value is -1.88. The largest absolute Gasteiger partial charge is 0.497 e. The maximum absolute atomic E-state index is 11.8. The summed E-state index contributed by atoms with van der Waals surface area (Å²) in [6.07, 6.45) is 0.353. The molecule has 1 rings (SSSR count). The van der Waals surface area contributed by atoms with Crippen molar-refractivity contribution in [2.45, 2.75) is 19.3 Å². The van der Waals surface area contributed by atoms with Crippen LogP contribution < -0.4 is 9.47 Å². The molecule has 0 radical (unpaired) electrons. The summed E-state index contributed by atoms with van der Waals surface area (Å²) in [6.45, 7) is -0.0957. The smallest absolute Gasteiger partial charge is 0.202 e. The number of carbonyl (C=O) groups is 2. The van der Waals surface area contributed by atoms with Crippen LogP contribution in [0.4, 0.5) is 0 Å². The van der Waals surface area contributed by atoms with E-state index in [1.54, 1.807) is 18.2 Å². The minimum Gasteiger partial charge on any atom is -0.497 e. The van der Waals surface area contributed by atoms with E-state index in [9.17, 15) is 9.59 Å². The molecule has 104 valence electrons. The number of hydrogen-bond donors (Lipinski definition) is 1. The van der Waals surface area contributed by atoms with Crippen molar-refractivity contribution in [3.8, 4) is 11.5 Å². The Bertz CT molecular complexity index is 453. The molecule has 0 saturated heterocycles. The first-order valence-electron chi connectivity index (χ1n) is 6.00. The van der Waals surface area contributed by atoms with Crippen molar-refractivity contribution in [1.82, 2.24) is 0 Å². The summed E-state index contributed by atoms with van der Waals surface area (Å²) in [5.41, 5.74) is 0.615. The molecule has 0 aromatic heterocycles. The third kappa shape index (κ3) is 4.37. The zero-order valence-corrected chi connectivity index (χ0v) is 11.1. The summed E-state index contributed by atoms with van der Waals surface area (Å²) >= 11 is 0. The molecule has 0 bridgehead atoms. The van der Waals surface area contributed by atoms with E-state index in [4.69, 9.17) is 14.6 Å². The lowest BCUT2D eigenvalue weighted by atomic mass is 10.0. The van der Waals surface area contributed by atoms with Gasteiger partial charge in [-0.05, 0) is 24.6 Å². The van der Waals surface area contributed by atoms with E-state index in [1.807, 2.05) is 0 Å². The fourth-order valence-corrected chi connectivity index (χ4v) is 1.67. The second kappa shape index (κ2) is 7.53. The number of benzene rings is 1. The molecule has 5 nitrogen and oxygen atoms in total. The summed E-state index contributed by atoms with van der Waals surface area (Å²) in [5, 5.41) is 8.64. The first kappa shape index (κ1) is 15.2. The molecule has 0 aliphatic rings. The molecule has 0 aliphatic carbocycles. The third-order valence-corrected chi connectivity index (χ3v) is 2.71. The highest BCUT2D eigenvalue weighted by atomic mass is 16.5. The number of rotatable bonds is 8. The van der Waals surface area contributed by atoms with Crippen LogP contribution in [0.15, 0.2) is 18.2 Å². The van der Waals surface area contributed by atoms with Crippen LogP contribution in [0.25, 0.3) is 0 Å². The van der Waals surface area contributed by atoms with Crippen molar-refractivity contribution in [2.75, 3.05) is 20.8 Å². The van der Waals surface area contributed by atoms with Gasteiger partial charge in [0.25, 0.3) is 0 Å². The van der Waals surface area contributed by atoms with Crippen LogP contribution in [0.5, 0.6) is 11.5 Å². The predicted molar refractivity (Wildman–Crippen MR) is 69.6 cm³/mol. The molecule has 0 atom stereocenters. The van der Waals surface area contributed by atoms with E-state index < -0.39 is 11.6 Å². The molecular weight excluding hydrogens is 248 g/mol. The lowest BCUT2D eigenvalue weighted by Gasteiger charge is -2.09. The molecule has 5 heteroatoms. The van der Waals surface area contributed by atoms with E-state index >= 15 is 0 Å². The molecule has 0 saturated carbocycles. The standard InChI is InChI=1S/C14H18O5/c1-18-11-5-6-14(19-2)10(8-11)9-13(17)12(16)4-3-7-15/h5-6,8,15H,3-4,7,9H2,1-2H3. The number of ketones is 2. The van der Waals surface area contributed by atoms with E-state index in [2.05, 4.69) is 0 Å². The Balaban J connectivity index is 2.79. The minimum absolute atomic E-state index is 0.0232. The zero-order valence-electron chi connectivity index (χ0n) is 11.1. The summed E-state index contributed by atoms with van der Waals surface area (Å²) in [5.74, 6) is 0.189. The molecule has 1 N–H and O–H groups in total. The van der Waals surface area contributed by atoms with E-state index in [0.29, 0.717) is 23.5 Å². The monoisotopic (exact) mass is 266 g/mol. The minimum atomic E-state index is -0.486. The molecule has 0 spiro atoms. The van der Waals surface area contributed by atoms with Gasteiger partial charge in [-0.15, -0.1) is 0 Å². The van der Waals surface area contributed by atoms with Crippen molar-refractivity contribution in [1.29, 1.82) is 0 Å². The van der Waals surface area contributed by atoms with Crippen LogP contribution in [0.2, 0.25) is 0 Å². The van der Waals surface area contributed by atoms with Gasteiger partial charge in [-0.1, -0.05) is 0 Å². The number of hydrogen-bond acceptors (Lipinski definition) is 5. The predicted octanol–water partition coefficient (Wildman–Crippen LogP) is 1.16. The van der Waals surface area contributed by atoms with Gasteiger partial charge in [0.05, 0.1) is 14.2 Å². The van der Waals surface area contributed by atoms with Crippen LogP contribution >= 0.6 is 0 Å². The van der Waals surface area contributed by atoms with Crippen molar-refractivity contribution in [2.24, 2.45) is 0 Å². The highest BCUT2D eigenvalue weighted by Gasteiger charge is 2.16. The fraction of sp³-hybridized carbons (Fsp3) is 0.429. The van der Waals surface area contributed by atoms with Crippen molar-refractivity contribution in [3.05, 3.63) is 23.8 Å². The van der Waals surface area contributed by atoms with E-state index in [-0.39, 0.29) is 19.4 Å². The van der Waals surface area contributed by atoms with Crippen molar-refractivity contribution in [3.63, 3.8) is 0 Å². The average molecular weight is 266 g/mol. The lowest BCUT2D eigenvalue weighted by molar-refractivity contribution is -0.136. The summed E-state index contributed by atoms with van der Waals surface area (Å²) in [7, 11) is 3.03.